The van der Waals surface area contributed by atoms with Gasteiger partial charge in [0, 0.05) is 0 Å². The number of nitriles is 1. The highest BCUT2D eigenvalue weighted by Crippen LogP contribution is 2.16. The average molecular weight is 205 g/mol. The molecule has 15 heavy (non-hydrogen) atoms. The predicted molar refractivity (Wildman–Crippen MR) is 57.8 cm³/mol. The Labute approximate surface area is 89.3 Å². The van der Waals surface area contributed by atoms with E-state index in [1.54, 1.807) is 6.92 Å². The van der Waals surface area contributed by atoms with E-state index in [4.69, 9.17) is 9.68 Å². The number of unbranched alkanes of at least 4 members (excludes halogenated alkanes) is 1. The monoisotopic (exact) mass is 205 g/mol. The van der Waals surface area contributed by atoms with Crippen LogP contribution in [-0.2, 0) is 6.42 Å². The third-order valence-electron chi connectivity index (χ3n) is 2.59. The third-order valence-corrected chi connectivity index (χ3v) is 2.59. The average Bonchev–Trinajstić information content (AvgIpc) is 2.17. The van der Waals surface area contributed by atoms with Crippen LogP contribution in [0.15, 0.2) is 9.21 Å². The van der Waals surface area contributed by atoms with Crippen molar-refractivity contribution in [3.63, 3.8) is 0 Å². The van der Waals surface area contributed by atoms with E-state index in [0.29, 0.717) is 5.76 Å². The summed E-state index contributed by atoms with van der Waals surface area (Å²) in [6, 6.07) is 1.90. The van der Waals surface area contributed by atoms with E-state index in [1.165, 1.54) is 0 Å². The summed E-state index contributed by atoms with van der Waals surface area (Å²) in [6.07, 6.45) is 2.99. The van der Waals surface area contributed by atoms with Gasteiger partial charge in [0.05, 0.1) is 0 Å². The maximum Gasteiger partial charge on any atom is 0.354 e. The Morgan fingerprint density at radius 1 is 1.40 bits per heavy atom. The lowest BCUT2D eigenvalue weighted by molar-refractivity contribution is 0.467. The molecule has 1 aromatic rings. The first-order valence-electron chi connectivity index (χ1n) is 5.15. The zero-order valence-corrected chi connectivity index (χ0v) is 9.39. The molecule has 0 unspecified atom stereocenters. The van der Waals surface area contributed by atoms with Gasteiger partial charge in [-0.15, -0.1) is 0 Å². The van der Waals surface area contributed by atoms with Gasteiger partial charge in [-0.3, -0.25) is 0 Å². The number of aryl methyl sites for hydroxylation is 1. The molecular formula is C12H15NO2. The lowest BCUT2D eigenvalue weighted by Crippen LogP contribution is -2.11. The molecule has 0 aromatic carbocycles. The Bertz CT molecular complexity index is 452. The largest absolute Gasteiger partial charge is 0.427 e. The topological polar surface area (TPSA) is 54.0 Å². The molecule has 1 aromatic heterocycles. The van der Waals surface area contributed by atoms with E-state index in [1.807, 2.05) is 13.0 Å². The lowest BCUT2D eigenvalue weighted by atomic mass is 10.00. The minimum Gasteiger partial charge on any atom is -0.427 e. The molecule has 3 nitrogen and oxygen atoms in total. The molecule has 0 aliphatic carbocycles. The van der Waals surface area contributed by atoms with Gasteiger partial charge in [0.15, 0.2) is 0 Å². The number of rotatable bonds is 3. The van der Waals surface area contributed by atoms with Crippen molar-refractivity contribution in [1.29, 1.82) is 5.26 Å². The molecule has 3 heteroatoms. The summed E-state index contributed by atoms with van der Waals surface area (Å²) in [6.45, 7) is 5.70. The smallest absolute Gasteiger partial charge is 0.354 e. The quantitative estimate of drug-likeness (QED) is 0.761. The van der Waals surface area contributed by atoms with Crippen LogP contribution in [0.1, 0.15) is 42.2 Å². The molecule has 0 fully saturated rings. The molecule has 1 rings (SSSR count). The van der Waals surface area contributed by atoms with Crippen LogP contribution in [0.5, 0.6) is 0 Å². The summed E-state index contributed by atoms with van der Waals surface area (Å²) in [5.41, 5.74) is 1.41. The van der Waals surface area contributed by atoms with Gasteiger partial charge in [-0.25, -0.2) is 4.79 Å². The van der Waals surface area contributed by atoms with Crippen molar-refractivity contribution in [2.75, 3.05) is 0 Å². The van der Waals surface area contributed by atoms with Gasteiger partial charge in [0.1, 0.15) is 17.4 Å². The lowest BCUT2D eigenvalue weighted by Gasteiger charge is -2.08. The van der Waals surface area contributed by atoms with Crippen LogP contribution in [0, 0.1) is 25.2 Å². The molecule has 0 aliphatic heterocycles. The van der Waals surface area contributed by atoms with Crippen molar-refractivity contribution < 1.29 is 4.42 Å². The Hall–Kier alpha value is -1.56. The van der Waals surface area contributed by atoms with E-state index in [0.717, 1.165) is 30.4 Å². The summed E-state index contributed by atoms with van der Waals surface area (Å²) in [4.78, 5) is 11.3. The molecule has 0 bridgehead atoms. The number of hydrogen-bond donors (Lipinski definition) is 0. The van der Waals surface area contributed by atoms with E-state index >= 15 is 0 Å². The van der Waals surface area contributed by atoms with Crippen molar-refractivity contribution in [2.45, 2.75) is 40.0 Å². The van der Waals surface area contributed by atoms with Gasteiger partial charge in [-0.1, -0.05) is 13.3 Å². The summed E-state index contributed by atoms with van der Waals surface area (Å²) >= 11 is 0. The van der Waals surface area contributed by atoms with Gasteiger partial charge in [-0.2, -0.15) is 5.26 Å². The highest BCUT2D eigenvalue weighted by Gasteiger charge is 2.13. The van der Waals surface area contributed by atoms with E-state index < -0.39 is 5.63 Å². The van der Waals surface area contributed by atoms with Crippen LogP contribution in [0.2, 0.25) is 0 Å². The molecule has 0 spiro atoms. The van der Waals surface area contributed by atoms with Crippen molar-refractivity contribution in [3.05, 3.63) is 32.9 Å². The highest BCUT2D eigenvalue weighted by atomic mass is 16.4. The second kappa shape index (κ2) is 4.79. The van der Waals surface area contributed by atoms with Crippen molar-refractivity contribution >= 4 is 0 Å². The van der Waals surface area contributed by atoms with Crippen LogP contribution < -0.4 is 5.63 Å². The summed E-state index contributed by atoms with van der Waals surface area (Å²) in [5.74, 6) is 0.643. The molecule has 0 saturated carbocycles. The first kappa shape index (κ1) is 11.5. The van der Waals surface area contributed by atoms with E-state index in [9.17, 15) is 4.79 Å². The van der Waals surface area contributed by atoms with Crippen LogP contribution >= 0.6 is 0 Å². The van der Waals surface area contributed by atoms with Crippen LogP contribution in [0.25, 0.3) is 0 Å². The Kier molecular flexibility index (Phi) is 3.68. The summed E-state index contributed by atoms with van der Waals surface area (Å²) in [5, 5.41) is 8.83. The van der Waals surface area contributed by atoms with Gasteiger partial charge < -0.3 is 4.42 Å². The third kappa shape index (κ3) is 2.27. The summed E-state index contributed by atoms with van der Waals surface area (Å²) in [7, 11) is 0. The molecule has 80 valence electrons. The number of nitrogens with zero attached hydrogens (tertiary/aromatic N) is 1. The number of hydrogen-bond acceptors (Lipinski definition) is 3. The maximum absolute atomic E-state index is 11.3. The Morgan fingerprint density at radius 3 is 2.60 bits per heavy atom. The Balaban J connectivity index is 3.28. The van der Waals surface area contributed by atoms with Crippen molar-refractivity contribution in [2.24, 2.45) is 0 Å². The fraction of sp³-hybridized carbons (Fsp3) is 0.500. The van der Waals surface area contributed by atoms with E-state index in [2.05, 4.69) is 6.92 Å². The molecule has 0 radical (unpaired) electrons. The molecule has 0 aliphatic rings. The van der Waals surface area contributed by atoms with Crippen molar-refractivity contribution in [1.82, 2.24) is 0 Å². The standard InChI is InChI=1S/C12H15NO2/c1-4-5-6-10-8(2)11(7-13)12(14)15-9(10)3/h4-6H2,1-3H3. The highest BCUT2D eigenvalue weighted by molar-refractivity contribution is 5.40. The van der Waals surface area contributed by atoms with Gasteiger partial charge in [-0.05, 0) is 37.8 Å². The normalized spacial score (nSPS) is 10.0. The molecule has 1 heterocycles. The second-order valence-electron chi connectivity index (χ2n) is 3.64. The molecule has 0 amide bonds. The van der Waals surface area contributed by atoms with Gasteiger partial charge in [0.2, 0.25) is 0 Å². The molecule has 0 saturated heterocycles. The SMILES string of the molecule is CCCCc1c(C)oc(=O)c(C#N)c1C. The molecular weight excluding hydrogens is 190 g/mol. The first-order chi connectivity index (χ1) is 7.11. The zero-order valence-electron chi connectivity index (χ0n) is 9.39. The molecule has 0 atom stereocenters. The zero-order chi connectivity index (χ0) is 11.4. The Morgan fingerprint density at radius 2 is 2.07 bits per heavy atom. The molecule has 0 N–H and O–H groups in total. The first-order valence-corrected chi connectivity index (χ1v) is 5.15. The van der Waals surface area contributed by atoms with Crippen LogP contribution in [-0.4, -0.2) is 0 Å². The second-order valence-corrected chi connectivity index (χ2v) is 3.64. The van der Waals surface area contributed by atoms with Crippen LogP contribution in [0.3, 0.4) is 0 Å². The summed E-state index contributed by atoms with van der Waals surface area (Å²) < 4.78 is 5.03. The van der Waals surface area contributed by atoms with Gasteiger partial charge in [0.25, 0.3) is 0 Å². The fourth-order valence-electron chi connectivity index (χ4n) is 1.67. The minimum atomic E-state index is -0.521. The van der Waals surface area contributed by atoms with Crippen molar-refractivity contribution in [3.8, 4) is 6.07 Å². The predicted octanol–water partition coefficient (Wildman–Crippen LogP) is 2.47. The fourth-order valence-corrected chi connectivity index (χ4v) is 1.67. The maximum atomic E-state index is 11.3. The van der Waals surface area contributed by atoms with Crippen LogP contribution in [0.4, 0.5) is 0 Å². The minimum absolute atomic E-state index is 0.145. The van der Waals surface area contributed by atoms with Gasteiger partial charge >= 0.3 is 5.63 Å². The van der Waals surface area contributed by atoms with E-state index in [-0.39, 0.29) is 5.56 Å².